The van der Waals surface area contributed by atoms with E-state index in [1.165, 1.54) is 0 Å². The van der Waals surface area contributed by atoms with Crippen LogP contribution in [0.5, 0.6) is 5.75 Å². The molecule has 1 amide bonds. The van der Waals surface area contributed by atoms with Crippen molar-refractivity contribution in [1.82, 2.24) is 20.4 Å². The summed E-state index contributed by atoms with van der Waals surface area (Å²) in [5.41, 5.74) is 4.34. The van der Waals surface area contributed by atoms with Gasteiger partial charge in [0.15, 0.2) is 5.78 Å². The Labute approximate surface area is 227 Å². The first kappa shape index (κ1) is 24.1. The lowest BCUT2D eigenvalue weighted by molar-refractivity contribution is -0.00366. The summed E-state index contributed by atoms with van der Waals surface area (Å²) >= 11 is 0. The van der Waals surface area contributed by atoms with Crippen LogP contribution in [0.1, 0.15) is 64.4 Å². The molecule has 4 aromatic rings. The zero-order valence-corrected chi connectivity index (χ0v) is 22.1. The monoisotopic (exact) mass is 520 g/mol. The first-order valence-corrected chi connectivity index (χ1v) is 13.9. The number of nitrogens with zero attached hydrogens (tertiary/aromatic N) is 2. The molecule has 198 valence electrons. The fourth-order valence-electron chi connectivity index (χ4n) is 6.11. The molecule has 3 aromatic carbocycles. The molecule has 3 aliphatic rings. The highest BCUT2D eigenvalue weighted by Gasteiger charge is 2.42. The van der Waals surface area contributed by atoms with Gasteiger partial charge in [0.2, 0.25) is 0 Å². The zero-order valence-electron chi connectivity index (χ0n) is 22.1. The molecule has 7 nitrogen and oxygen atoms in total. The van der Waals surface area contributed by atoms with Gasteiger partial charge in [0.1, 0.15) is 11.4 Å². The van der Waals surface area contributed by atoms with Crippen LogP contribution in [0.2, 0.25) is 0 Å². The van der Waals surface area contributed by atoms with Crippen LogP contribution in [0.3, 0.4) is 0 Å². The number of carbonyl (C=O) groups excluding carboxylic acids is 2. The molecule has 1 aliphatic carbocycles. The summed E-state index contributed by atoms with van der Waals surface area (Å²) < 4.78 is 6.46. The number of ether oxygens (including phenoxy) is 1. The first-order chi connectivity index (χ1) is 19.0. The molecule has 1 saturated heterocycles. The fraction of sp³-hybridized carbons (Fsp3) is 0.344. The van der Waals surface area contributed by atoms with Gasteiger partial charge >= 0.3 is 0 Å². The molecule has 2 N–H and O–H groups in total. The van der Waals surface area contributed by atoms with Gasteiger partial charge in [0, 0.05) is 42.4 Å². The van der Waals surface area contributed by atoms with E-state index in [4.69, 9.17) is 4.74 Å². The van der Waals surface area contributed by atoms with E-state index in [0.29, 0.717) is 29.2 Å². The quantitative estimate of drug-likeness (QED) is 0.361. The van der Waals surface area contributed by atoms with Crippen LogP contribution in [0.4, 0.5) is 0 Å². The highest BCUT2D eigenvalue weighted by molar-refractivity contribution is 6.04. The number of hydrogen-bond donors (Lipinski definition) is 2. The lowest BCUT2D eigenvalue weighted by Crippen LogP contribution is -2.50. The molecule has 2 aliphatic heterocycles. The minimum absolute atomic E-state index is 0.0118. The van der Waals surface area contributed by atoms with Crippen LogP contribution in [0.15, 0.2) is 66.7 Å². The highest BCUT2D eigenvalue weighted by Crippen LogP contribution is 2.42. The maximum Gasteiger partial charge on any atom is 0.251 e. The topological polar surface area (TPSA) is 87.3 Å². The third kappa shape index (κ3) is 4.51. The second-order valence-corrected chi connectivity index (χ2v) is 11.4. The SMILES string of the molecule is CN1CCC2(CC1)CC(=O)c1cc(-c3n[nH]c4ccc(C(=O)N[C@H](c5ccccc5)C5CC5)cc34)ccc1O2. The smallest absolute Gasteiger partial charge is 0.251 e. The molecule has 7 heteroatoms. The van der Waals surface area contributed by atoms with Gasteiger partial charge in [-0.3, -0.25) is 14.7 Å². The van der Waals surface area contributed by atoms with E-state index < -0.39 is 5.60 Å². The van der Waals surface area contributed by atoms with Gasteiger partial charge in [-0.05, 0) is 67.8 Å². The fourth-order valence-corrected chi connectivity index (χ4v) is 6.11. The molecule has 0 bridgehead atoms. The van der Waals surface area contributed by atoms with Crippen LogP contribution in [-0.4, -0.2) is 52.5 Å². The van der Waals surface area contributed by atoms with Crippen LogP contribution in [0.25, 0.3) is 22.2 Å². The van der Waals surface area contributed by atoms with Crippen LogP contribution >= 0.6 is 0 Å². The molecule has 7 rings (SSSR count). The summed E-state index contributed by atoms with van der Waals surface area (Å²) in [5.74, 6) is 1.16. The highest BCUT2D eigenvalue weighted by atomic mass is 16.5. The largest absolute Gasteiger partial charge is 0.486 e. The van der Waals surface area contributed by atoms with Gasteiger partial charge in [-0.1, -0.05) is 30.3 Å². The molecular formula is C32H32N4O3. The van der Waals surface area contributed by atoms with Crippen molar-refractivity contribution >= 4 is 22.6 Å². The molecule has 0 unspecified atom stereocenters. The number of Topliss-reactive ketones (excluding diaryl/α,β-unsaturated/α-hetero) is 1. The number of piperidine rings is 1. The second-order valence-electron chi connectivity index (χ2n) is 11.4. The lowest BCUT2D eigenvalue weighted by Gasteiger charge is -2.43. The van der Waals surface area contributed by atoms with Crippen molar-refractivity contribution in [1.29, 1.82) is 0 Å². The van der Waals surface area contributed by atoms with Gasteiger partial charge in [-0.15, -0.1) is 0 Å². The van der Waals surface area contributed by atoms with E-state index in [1.54, 1.807) is 0 Å². The summed E-state index contributed by atoms with van der Waals surface area (Å²) in [4.78, 5) is 28.9. The maximum atomic E-state index is 13.4. The Morgan fingerprint density at radius 2 is 1.87 bits per heavy atom. The van der Waals surface area contributed by atoms with Crippen molar-refractivity contribution in [3.05, 3.63) is 83.4 Å². The van der Waals surface area contributed by atoms with E-state index >= 15 is 0 Å². The number of benzene rings is 3. The Hall–Kier alpha value is -3.97. The molecule has 2 fully saturated rings. The van der Waals surface area contributed by atoms with Crippen molar-refractivity contribution in [2.75, 3.05) is 20.1 Å². The molecule has 1 aromatic heterocycles. The van der Waals surface area contributed by atoms with Crippen LogP contribution in [-0.2, 0) is 0 Å². The van der Waals surface area contributed by atoms with E-state index in [0.717, 1.165) is 66.5 Å². The number of ketones is 1. The molecule has 1 spiro atoms. The van der Waals surface area contributed by atoms with E-state index in [9.17, 15) is 9.59 Å². The Morgan fingerprint density at radius 1 is 1.08 bits per heavy atom. The van der Waals surface area contributed by atoms with Crippen LogP contribution < -0.4 is 10.1 Å². The molecule has 0 radical (unpaired) electrons. The normalized spacial score (nSPS) is 19.5. The Morgan fingerprint density at radius 3 is 2.64 bits per heavy atom. The Kier molecular flexibility index (Phi) is 5.77. The summed E-state index contributed by atoms with van der Waals surface area (Å²) in [7, 11) is 2.11. The summed E-state index contributed by atoms with van der Waals surface area (Å²) in [5, 5.41) is 11.8. The number of aromatic amines is 1. The number of rotatable bonds is 5. The number of fused-ring (bicyclic) bond motifs is 2. The van der Waals surface area contributed by atoms with E-state index in [2.05, 4.69) is 39.6 Å². The Bertz CT molecular complexity index is 1570. The van der Waals surface area contributed by atoms with Gasteiger partial charge < -0.3 is 15.0 Å². The number of H-pyrrole nitrogens is 1. The standard InChI is InChI=1S/C32H32N4O3/c1-36-15-13-32(14-16-36)19-27(37)25-17-22(10-12-28(25)39-32)30-24-18-23(9-11-26(24)34-35-30)31(38)33-29(21-7-8-21)20-5-3-2-4-6-20/h2-6,9-12,17-18,21,29H,7-8,13-16,19H2,1H3,(H,33,38)(H,34,35)/t29-/m1/s1. The Balaban J connectivity index is 1.17. The van der Waals surface area contributed by atoms with Crippen molar-refractivity contribution in [2.45, 2.75) is 43.7 Å². The maximum absolute atomic E-state index is 13.4. The number of nitrogens with one attached hydrogen (secondary N) is 2. The van der Waals surface area contributed by atoms with Crippen LogP contribution in [0, 0.1) is 5.92 Å². The lowest BCUT2D eigenvalue weighted by atomic mass is 9.82. The minimum atomic E-state index is -0.391. The van der Waals surface area contributed by atoms with E-state index in [1.807, 2.05) is 54.6 Å². The average Bonchev–Trinajstić information content (AvgIpc) is 3.72. The summed E-state index contributed by atoms with van der Waals surface area (Å²) in [6.45, 7) is 1.87. The van der Waals surface area contributed by atoms with Crippen molar-refractivity contribution in [2.24, 2.45) is 5.92 Å². The van der Waals surface area contributed by atoms with Crippen molar-refractivity contribution < 1.29 is 14.3 Å². The predicted molar refractivity (Wildman–Crippen MR) is 150 cm³/mol. The average molecular weight is 521 g/mol. The first-order valence-electron chi connectivity index (χ1n) is 13.9. The third-order valence-corrected chi connectivity index (χ3v) is 8.62. The van der Waals surface area contributed by atoms with Gasteiger partial charge in [-0.25, -0.2) is 0 Å². The molecular weight excluding hydrogens is 488 g/mol. The molecule has 1 saturated carbocycles. The molecule has 3 heterocycles. The van der Waals surface area contributed by atoms with Crippen molar-refractivity contribution in [3.63, 3.8) is 0 Å². The van der Waals surface area contributed by atoms with Gasteiger partial charge in [-0.2, -0.15) is 5.10 Å². The van der Waals surface area contributed by atoms with Gasteiger partial charge in [0.25, 0.3) is 5.91 Å². The predicted octanol–water partition coefficient (Wildman–Crippen LogP) is 5.54. The second kappa shape index (κ2) is 9.35. The number of carbonyl (C=O) groups is 2. The number of hydrogen-bond acceptors (Lipinski definition) is 5. The van der Waals surface area contributed by atoms with Gasteiger partial charge in [0.05, 0.1) is 29.2 Å². The number of amides is 1. The van der Waals surface area contributed by atoms with E-state index in [-0.39, 0.29) is 17.7 Å². The van der Waals surface area contributed by atoms with Crippen molar-refractivity contribution in [3.8, 4) is 17.0 Å². The summed E-state index contributed by atoms with van der Waals surface area (Å²) in [6.07, 6.45) is 4.38. The molecule has 39 heavy (non-hydrogen) atoms. The number of aromatic nitrogens is 2. The zero-order chi connectivity index (χ0) is 26.6. The third-order valence-electron chi connectivity index (χ3n) is 8.62. The number of likely N-dealkylation sites (tertiary alicyclic amines) is 1. The summed E-state index contributed by atoms with van der Waals surface area (Å²) in [6, 6.07) is 21.6. The minimum Gasteiger partial charge on any atom is -0.486 e. The molecule has 1 atom stereocenters.